The smallest absolute Gasteiger partial charge is 0.368 e. The normalized spacial score (nSPS) is 19.8. The number of aryl methyl sites for hydroxylation is 2. The molecule has 1 fully saturated rings. The molecule has 3 aromatic rings. The van der Waals surface area contributed by atoms with Crippen LogP contribution in [0.4, 0.5) is 27.8 Å². The largest absolute Gasteiger partial charge is 0.417 e. The molecule has 0 bridgehead atoms. The Morgan fingerprint density at radius 2 is 1.97 bits per heavy atom. The van der Waals surface area contributed by atoms with E-state index in [0.29, 0.717) is 11.8 Å². The lowest BCUT2D eigenvalue weighted by Gasteiger charge is -2.43. The van der Waals surface area contributed by atoms with Crippen molar-refractivity contribution >= 4 is 11.7 Å². The van der Waals surface area contributed by atoms with Crippen molar-refractivity contribution in [2.75, 3.05) is 18.4 Å². The number of anilines is 1. The number of tetrazole rings is 1. The average molecular weight is 509 g/mol. The molecule has 192 valence electrons. The first-order valence-corrected chi connectivity index (χ1v) is 11.1. The van der Waals surface area contributed by atoms with Gasteiger partial charge < -0.3 is 10.2 Å². The third-order valence-corrected chi connectivity index (χ3v) is 6.08. The summed E-state index contributed by atoms with van der Waals surface area (Å²) in [5, 5.41) is 14.8. The molecule has 0 radical (unpaired) electrons. The fourth-order valence-electron chi connectivity index (χ4n) is 4.33. The van der Waals surface area contributed by atoms with Crippen molar-refractivity contribution in [1.82, 2.24) is 30.1 Å². The molecule has 0 spiro atoms. The highest BCUT2D eigenvalue weighted by Gasteiger charge is 2.46. The molecule has 1 N–H and O–H groups in total. The van der Waals surface area contributed by atoms with Crippen LogP contribution in [0.2, 0.25) is 0 Å². The number of benzene rings is 1. The van der Waals surface area contributed by atoms with E-state index in [4.69, 9.17) is 0 Å². The van der Waals surface area contributed by atoms with Crippen molar-refractivity contribution in [2.45, 2.75) is 38.4 Å². The number of pyridine rings is 1. The van der Waals surface area contributed by atoms with Crippen LogP contribution < -0.4 is 5.32 Å². The maximum absolute atomic E-state index is 14.6. The van der Waals surface area contributed by atoms with Crippen molar-refractivity contribution < 1.29 is 26.7 Å². The fraction of sp³-hybridized carbons (Fsp3) is 0.435. The maximum Gasteiger partial charge on any atom is 0.417 e. The third kappa shape index (κ3) is 5.44. The van der Waals surface area contributed by atoms with Gasteiger partial charge in [-0.1, -0.05) is 18.6 Å². The minimum atomic E-state index is -4.53. The zero-order valence-corrected chi connectivity index (χ0v) is 19.7. The minimum absolute atomic E-state index is 0.0197. The summed E-state index contributed by atoms with van der Waals surface area (Å²) >= 11 is 0. The van der Waals surface area contributed by atoms with E-state index in [1.54, 1.807) is 39.1 Å². The number of carbonyl (C=O) groups excluding carboxylic acids is 1. The Labute approximate surface area is 203 Å². The molecule has 3 heterocycles. The van der Waals surface area contributed by atoms with Gasteiger partial charge in [-0.15, -0.1) is 10.2 Å². The summed E-state index contributed by atoms with van der Waals surface area (Å²) in [4.78, 5) is 19.8. The molecule has 0 aliphatic carbocycles. The average Bonchev–Trinajstić information content (AvgIpc) is 3.22. The number of nitrogens with one attached hydrogen (secondary N) is 1. The summed E-state index contributed by atoms with van der Waals surface area (Å²) < 4.78 is 67.7. The molecule has 8 nitrogen and oxygen atoms in total. The van der Waals surface area contributed by atoms with E-state index in [9.17, 15) is 26.7 Å². The van der Waals surface area contributed by atoms with Gasteiger partial charge in [0.1, 0.15) is 5.82 Å². The van der Waals surface area contributed by atoms with Gasteiger partial charge in [-0.3, -0.25) is 4.79 Å². The predicted molar refractivity (Wildman–Crippen MR) is 120 cm³/mol. The van der Waals surface area contributed by atoms with Crippen molar-refractivity contribution in [3.63, 3.8) is 0 Å². The van der Waals surface area contributed by atoms with Crippen LogP contribution in [0.25, 0.3) is 11.4 Å². The first-order chi connectivity index (χ1) is 16.8. The third-order valence-electron chi connectivity index (χ3n) is 6.08. The second kappa shape index (κ2) is 9.43. The number of carbonyl (C=O) groups is 1. The zero-order valence-electron chi connectivity index (χ0n) is 19.7. The Balaban J connectivity index is 1.63. The summed E-state index contributed by atoms with van der Waals surface area (Å²) in [6.45, 7) is 2.60. The van der Waals surface area contributed by atoms with E-state index in [1.165, 1.54) is 4.80 Å². The van der Waals surface area contributed by atoms with Crippen LogP contribution in [-0.4, -0.2) is 61.1 Å². The van der Waals surface area contributed by atoms with Gasteiger partial charge in [0.05, 0.1) is 30.8 Å². The van der Waals surface area contributed by atoms with Gasteiger partial charge in [0.15, 0.2) is 0 Å². The fourth-order valence-corrected chi connectivity index (χ4v) is 4.33. The second-order valence-electron chi connectivity index (χ2n) is 9.00. The lowest BCUT2D eigenvalue weighted by atomic mass is 9.87. The summed E-state index contributed by atoms with van der Waals surface area (Å²) in [6.07, 6.45) is -4.27. The monoisotopic (exact) mass is 509 g/mol. The van der Waals surface area contributed by atoms with Crippen LogP contribution in [0.3, 0.4) is 0 Å². The summed E-state index contributed by atoms with van der Waals surface area (Å²) in [7, 11) is 1.57. The molecule has 0 saturated carbocycles. The van der Waals surface area contributed by atoms with Gasteiger partial charge in [0, 0.05) is 24.7 Å². The highest BCUT2D eigenvalue weighted by molar-refractivity contribution is 6.00. The number of aromatic nitrogens is 5. The van der Waals surface area contributed by atoms with Crippen LogP contribution >= 0.6 is 0 Å². The predicted octanol–water partition coefficient (Wildman–Crippen LogP) is 4.20. The second-order valence-corrected chi connectivity index (χ2v) is 9.00. The Bertz CT molecular complexity index is 1240. The highest BCUT2D eigenvalue weighted by Crippen LogP contribution is 2.36. The van der Waals surface area contributed by atoms with E-state index in [2.05, 4.69) is 25.7 Å². The SMILES string of the molecule is Cc1ccc(-c2nnn(C)n2)c(C(=O)N2CC(F)(F)CC(C)[C@H]2CNc2ccc(C(F)(F)F)cn2)c1. The summed E-state index contributed by atoms with van der Waals surface area (Å²) in [5.41, 5.74) is 0.355. The number of alkyl halides is 5. The van der Waals surface area contributed by atoms with Crippen LogP contribution in [-0.2, 0) is 13.2 Å². The van der Waals surface area contributed by atoms with Crippen LogP contribution in [0.15, 0.2) is 36.5 Å². The molecule has 1 aromatic carbocycles. The van der Waals surface area contributed by atoms with Gasteiger partial charge in [-0.2, -0.15) is 18.0 Å². The molecule has 13 heteroatoms. The van der Waals surface area contributed by atoms with E-state index in [1.807, 2.05) is 0 Å². The lowest BCUT2D eigenvalue weighted by Crippen LogP contribution is -2.57. The number of halogens is 5. The molecule has 1 saturated heterocycles. The van der Waals surface area contributed by atoms with Crippen molar-refractivity contribution in [2.24, 2.45) is 13.0 Å². The van der Waals surface area contributed by atoms with E-state index in [0.717, 1.165) is 22.6 Å². The van der Waals surface area contributed by atoms with E-state index in [-0.39, 0.29) is 23.8 Å². The number of amides is 1. The first-order valence-electron chi connectivity index (χ1n) is 11.1. The molecular formula is C23H24F5N7O. The Morgan fingerprint density at radius 1 is 1.22 bits per heavy atom. The number of likely N-dealkylation sites (tertiary alicyclic amines) is 1. The molecule has 1 aliphatic heterocycles. The number of rotatable bonds is 5. The lowest BCUT2D eigenvalue weighted by molar-refractivity contribution is -0.137. The van der Waals surface area contributed by atoms with Crippen LogP contribution in [0, 0.1) is 12.8 Å². The standard InChI is InChI=1S/C23H24F5N7O/c1-13-4-6-16(20-31-33-34(3)32-20)17(8-13)21(36)35-12-22(24,25)9-14(2)18(35)11-30-19-7-5-15(10-29-19)23(26,27)28/h4-8,10,14,18H,9,11-12H2,1-3H3,(H,29,30)/t14?,18-/m1/s1. The quantitative estimate of drug-likeness (QED) is 0.519. The molecule has 36 heavy (non-hydrogen) atoms. The highest BCUT2D eigenvalue weighted by atomic mass is 19.4. The van der Waals surface area contributed by atoms with Crippen LogP contribution in [0.1, 0.15) is 34.8 Å². The minimum Gasteiger partial charge on any atom is -0.368 e. The molecule has 4 rings (SSSR count). The number of piperidine rings is 1. The molecule has 2 atom stereocenters. The number of hydrogen-bond acceptors (Lipinski definition) is 6. The van der Waals surface area contributed by atoms with Gasteiger partial charge in [0.2, 0.25) is 5.82 Å². The Hall–Kier alpha value is -3.64. The van der Waals surface area contributed by atoms with Gasteiger partial charge in [0.25, 0.3) is 11.8 Å². The van der Waals surface area contributed by atoms with E-state index >= 15 is 0 Å². The Kier molecular flexibility index (Phi) is 6.67. The Morgan fingerprint density at radius 3 is 2.58 bits per heavy atom. The molecular weight excluding hydrogens is 485 g/mol. The van der Waals surface area contributed by atoms with Crippen LogP contribution in [0.5, 0.6) is 0 Å². The van der Waals surface area contributed by atoms with Gasteiger partial charge in [-0.05, 0) is 42.3 Å². The van der Waals surface area contributed by atoms with Gasteiger partial charge in [-0.25, -0.2) is 13.8 Å². The number of hydrogen-bond donors (Lipinski definition) is 1. The topological polar surface area (TPSA) is 88.8 Å². The molecule has 1 aliphatic rings. The molecule has 1 unspecified atom stereocenters. The van der Waals surface area contributed by atoms with E-state index < -0.39 is 48.5 Å². The van der Waals surface area contributed by atoms with Crippen molar-refractivity contribution in [1.29, 1.82) is 0 Å². The summed E-state index contributed by atoms with van der Waals surface area (Å²) in [6, 6.07) is 6.35. The molecule has 1 amide bonds. The van der Waals surface area contributed by atoms with Crippen molar-refractivity contribution in [3.8, 4) is 11.4 Å². The maximum atomic E-state index is 14.6. The number of nitrogens with zero attached hydrogens (tertiary/aromatic N) is 6. The first kappa shape index (κ1) is 25.5. The van der Waals surface area contributed by atoms with Gasteiger partial charge >= 0.3 is 6.18 Å². The molecule has 2 aromatic heterocycles. The zero-order chi connectivity index (χ0) is 26.3. The summed E-state index contributed by atoms with van der Waals surface area (Å²) in [5.74, 6) is -4.02. The van der Waals surface area contributed by atoms with Crippen molar-refractivity contribution in [3.05, 3.63) is 53.2 Å².